The van der Waals surface area contributed by atoms with Crippen LogP contribution < -0.4 is 5.32 Å². The largest absolute Gasteiger partial charge is 0.444 e. The van der Waals surface area contributed by atoms with Gasteiger partial charge in [0.05, 0.1) is 12.1 Å². The number of alkyl carbamates (subject to hydrolysis) is 1. The highest BCUT2D eigenvalue weighted by Crippen LogP contribution is 2.27. The van der Waals surface area contributed by atoms with Gasteiger partial charge in [-0.3, -0.25) is 5.21 Å². The third-order valence-corrected chi connectivity index (χ3v) is 3.35. The molecule has 2 atom stereocenters. The number of rotatable bonds is 2. The van der Waals surface area contributed by atoms with Gasteiger partial charge >= 0.3 is 12.1 Å². The molecule has 2 bridgehead atoms. The van der Waals surface area contributed by atoms with E-state index in [1.54, 1.807) is 25.7 Å². The molecule has 2 aliphatic heterocycles. The van der Waals surface area contributed by atoms with Crippen LogP contribution in [0.4, 0.5) is 9.59 Å². The van der Waals surface area contributed by atoms with E-state index in [9.17, 15) is 14.8 Å². The molecule has 7 heteroatoms. The van der Waals surface area contributed by atoms with Crippen LogP contribution in [0.1, 0.15) is 33.6 Å². The number of fused-ring (bicyclic) bond motifs is 2. The molecule has 0 aliphatic carbocycles. The minimum atomic E-state index is -0.535. The molecule has 0 aromatic heterocycles. The first kappa shape index (κ1) is 13.9. The normalized spacial score (nSPS) is 26.6. The Hall–Kier alpha value is -1.50. The van der Waals surface area contributed by atoms with Gasteiger partial charge in [0.25, 0.3) is 0 Å². The second-order valence-electron chi connectivity index (χ2n) is 6.05. The number of amides is 3. The summed E-state index contributed by atoms with van der Waals surface area (Å²) in [6.45, 7) is 6.26. The number of hydrogen-bond donors (Lipinski definition) is 2. The highest BCUT2D eigenvalue weighted by Gasteiger charge is 2.44. The lowest BCUT2D eigenvalue weighted by Crippen LogP contribution is -2.47. The molecule has 0 spiro atoms. The number of nitrogens with zero attached hydrogens (tertiary/aromatic N) is 2. The fourth-order valence-electron chi connectivity index (χ4n) is 2.46. The number of nitrogens with one attached hydrogen (secondary N) is 1. The van der Waals surface area contributed by atoms with Crippen molar-refractivity contribution in [3.05, 3.63) is 0 Å². The van der Waals surface area contributed by atoms with E-state index in [1.165, 1.54) is 0 Å². The van der Waals surface area contributed by atoms with Gasteiger partial charge in [-0.2, -0.15) is 0 Å². The molecule has 2 heterocycles. The zero-order valence-electron chi connectivity index (χ0n) is 11.5. The van der Waals surface area contributed by atoms with Crippen LogP contribution in [0.2, 0.25) is 0 Å². The Labute approximate surface area is 112 Å². The number of piperidine rings is 1. The SMILES string of the molecule is CC(C)(C)OC(=O)NC[C@@H]1CCC2CN1C(=O)N2O. The summed E-state index contributed by atoms with van der Waals surface area (Å²) in [7, 11) is 0. The van der Waals surface area contributed by atoms with Gasteiger partial charge < -0.3 is 15.0 Å². The van der Waals surface area contributed by atoms with E-state index in [2.05, 4.69) is 5.32 Å². The van der Waals surface area contributed by atoms with E-state index in [1.807, 2.05) is 0 Å². The third-order valence-electron chi connectivity index (χ3n) is 3.35. The Morgan fingerprint density at radius 1 is 1.47 bits per heavy atom. The maximum Gasteiger partial charge on any atom is 0.407 e. The highest BCUT2D eigenvalue weighted by molar-refractivity contribution is 5.77. The summed E-state index contributed by atoms with van der Waals surface area (Å²) in [4.78, 5) is 24.9. The standard InChI is InChI=1S/C12H21N3O4/c1-12(2,3)19-10(16)13-6-8-4-5-9-7-14(8)11(17)15(9)18/h8-9,18H,4-7H2,1-3H3,(H,13,16)/t8-,9?/m0/s1. The van der Waals surface area contributed by atoms with Crippen molar-refractivity contribution in [2.45, 2.75) is 51.3 Å². The average Bonchev–Trinajstić information content (AvgIpc) is 2.52. The lowest BCUT2D eigenvalue weighted by molar-refractivity contribution is -0.0584. The van der Waals surface area contributed by atoms with Gasteiger partial charge in [-0.15, -0.1) is 0 Å². The van der Waals surface area contributed by atoms with Crippen LogP contribution in [0.5, 0.6) is 0 Å². The fourth-order valence-corrected chi connectivity index (χ4v) is 2.46. The van der Waals surface area contributed by atoms with Crippen LogP contribution in [-0.2, 0) is 4.74 Å². The second kappa shape index (κ2) is 4.88. The number of hydroxylamine groups is 2. The van der Waals surface area contributed by atoms with Gasteiger partial charge in [-0.1, -0.05) is 0 Å². The van der Waals surface area contributed by atoms with Crippen LogP contribution in [0.3, 0.4) is 0 Å². The number of urea groups is 1. The molecule has 19 heavy (non-hydrogen) atoms. The summed E-state index contributed by atoms with van der Waals surface area (Å²) in [5.74, 6) is 0. The number of hydrogen-bond acceptors (Lipinski definition) is 4. The number of carbonyl (C=O) groups is 2. The molecule has 1 unspecified atom stereocenters. The first-order chi connectivity index (χ1) is 8.78. The zero-order valence-corrected chi connectivity index (χ0v) is 11.5. The third kappa shape index (κ3) is 3.09. The molecular weight excluding hydrogens is 250 g/mol. The molecule has 0 saturated carbocycles. The van der Waals surface area contributed by atoms with Gasteiger partial charge in [0.15, 0.2) is 0 Å². The predicted octanol–water partition coefficient (Wildman–Crippen LogP) is 1.17. The van der Waals surface area contributed by atoms with Gasteiger partial charge in [0, 0.05) is 13.1 Å². The summed E-state index contributed by atoms with van der Waals surface area (Å²) in [6.07, 6.45) is 1.03. The lowest BCUT2D eigenvalue weighted by Gasteiger charge is -2.30. The van der Waals surface area contributed by atoms with Crippen molar-refractivity contribution in [1.29, 1.82) is 0 Å². The zero-order chi connectivity index (χ0) is 14.2. The molecule has 0 aromatic carbocycles. The van der Waals surface area contributed by atoms with Crippen molar-refractivity contribution in [3.8, 4) is 0 Å². The van der Waals surface area contributed by atoms with E-state index < -0.39 is 11.7 Å². The molecule has 108 valence electrons. The Kier molecular flexibility index (Phi) is 3.58. The van der Waals surface area contributed by atoms with E-state index in [-0.39, 0.29) is 18.1 Å². The maximum absolute atomic E-state index is 11.7. The van der Waals surface area contributed by atoms with Gasteiger partial charge in [-0.05, 0) is 33.6 Å². The summed E-state index contributed by atoms with van der Waals surface area (Å²) in [6, 6.07) is -0.558. The summed E-state index contributed by atoms with van der Waals surface area (Å²) in [5.41, 5.74) is -0.535. The topological polar surface area (TPSA) is 82.1 Å². The van der Waals surface area contributed by atoms with E-state index in [4.69, 9.17) is 4.74 Å². The van der Waals surface area contributed by atoms with Crippen LogP contribution in [-0.4, -0.2) is 58.1 Å². The monoisotopic (exact) mass is 271 g/mol. The van der Waals surface area contributed by atoms with Crippen molar-refractivity contribution >= 4 is 12.1 Å². The molecule has 2 saturated heterocycles. The smallest absolute Gasteiger partial charge is 0.407 e. The lowest BCUT2D eigenvalue weighted by atomic mass is 10.0. The molecule has 2 rings (SSSR count). The van der Waals surface area contributed by atoms with Crippen molar-refractivity contribution in [2.75, 3.05) is 13.1 Å². The molecular formula is C12H21N3O4. The summed E-state index contributed by atoms with van der Waals surface area (Å²) < 4.78 is 5.14. The number of ether oxygens (including phenoxy) is 1. The molecule has 2 N–H and O–H groups in total. The number of carbonyl (C=O) groups excluding carboxylic acids is 2. The fraction of sp³-hybridized carbons (Fsp3) is 0.833. The average molecular weight is 271 g/mol. The van der Waals surface area contributed by atoms with Crippen LogP contribution >= 0.6 is 0 Å². The summed E-state index contributed by atoms with van der Waals surface area (Å²) >= 11 is 0. The van der Waals surface area contributed by atoms with Crippen LogP contribution in [0.15, 0.2) is 0 Å². The minimum absolute atomic E-state index is 0.0755. The van der Waals surface area contributed by atoms with Crippen molar-refractivity contribution in [2.24, 2.45) is 0 Å². The predicted molar refractivity (Wildman–Crippen MR) is 66.8 cm³/mol. The summed E-state index contributed by atoms with van der Waals surface area (Å²) in [5, 5.41) is 13.0. The Bertz CT molecular complexity index is 380. The van der Waals surface area contributed by atoms with Crippen molar-refractivity contribution < 1.29 is 19.5 Å². The minimum Gasteiger partial charge on any atom is -0.444 e. The van der Waals surface area contributed by atoms with Gasteiger partial charge in [0.2, 0.25) is 0 Å². The first-order valence-electron chi connectivity index (χ1n) is 6.53. The van der Waals surface area contributed by atoms with E-state index >= 15 is 0 Å². The van der Waals surface area contributed by atoms with Gasteiger partial charge in [-0.25, -0.2) is 14.7 Å². The Morgan fingerprint density at radius 3 is 2.79 bits per heavy atom. The van der Waals surface area contributed by atoms with E-state index in [0.717, 1.165) is 17.9 Å². The van der Waals surface area contributed by atoms with Crippen LogP contribution in [0.25, 0.3) is 0 Å². The molecule has 7 nitrogen and oxygen atoms in total. The van der Waals surface area contributed by atoms with Gasteiger partial charge in [0.1, 0.15) is 5.60 Å². The molecule has 0 aromatic rings. The van der Waals surface area contributed by atoms with Crippen LogP contribution in [0, 0.1) is 0 Å². The van der Waals surface area contributed by atoms with E-state index in [0.29, 0.717) is 13.1 Å². The molecule has 2 fully saturated rings. The van der Waals surface area contributed by atoms with Crippen molar-refractivity contribution in [3.63, 3.8) is 0 Å². The molecule has 2 aliphatic rings. The highest BCUT2D eigenvalue weighted by atomic mass is 16.6. The molecule has 0 radical (unpaired) electrons. The second-order valence-corrected chi connectivity index (χ2v) is 6.05. The maximum atomic E-state index is 11.7. The van der Waals surface area contributed by atoms with Crippen molar-refractivity contribution in [1.82, 2.24) is 15.3 Å². The Morgan fingerprint density at radius 2 is 2.16 bits per heavy atom. The quantitative estimate of drug-likeness (QED) is 0.739. The molecule has 3 amide bonds. The Balaban J connectivity index is 1.84. The first-order valence-corrected chi connectivity index (χ1v) is 6.53.